The molecule has 0 fully saturated rings. The predicted octanol–water partition coefficient (Wildman–Crippen LogP) is 4.20. The minimum absolute atomic E-state index is 0. The fourth-order valence-electron chi connectivity index (χ4n) is 2.47. The molecule has 0 spiro atoms. The highest BCUT2D eigenvalue weighted by atomic mass is 127. The fourth-order valence-corrected chi connectivity index (χ4v) is 2.47. The van der Waals surface area contributed by atoms with Crippen LogP contribution < -0.4 is 15.4 Å². The molecule has 0 aliphatic carbocycles. The third-order valence-corrected chi connectivity index (χ3v) is 3.97. The summed E-state index contributed by atoms with van der Waals surface area (Å²) in [6, 6.07) is 12.4. The summed E-state index contributed by atoms with van der Waals surface area (Å²) in [6.45, 7) is 7.96. The first-order valence-corrected chi connectivity index (χ1v) is 9.17. The average Bonchev–Trinajstić information content (AvgIpc) is 2.66. The van der Waals surface area contributed by atoms with Crippen LogP contribution in [0.3, 0.4) is 0 Å². The highest BCUT2D eigenvalue weighted by Gasteiger charge is 2.08. The van der Waals surface area contributed by atoms with E-state index in [0.717, 1.165) is 31.3 Å². The molecule has 148 valence electrons. The highest BCUT2D eigenvalue weighted by Crippen LogP contribution is 2.18. The van der Waals surface area contributed by atoms with Crippen molar-refractivity contribution in [3.63, 3.8) is 0 Å². The molecule has 2 N–H and O–H groups in total. The average molecular weight is 482 g/mol. The second-order valence-corrected chi connectivity index (χ2v) is 6.75. The van der Waals surface area contributed by atoms with Gasteiger partial charge in [-0.2, -0.15) is 0 Å². The van der Waals surface area contributed by atoms with E-state index in [4.69, 9.17) is 4.74 Å². The normalized spacial score (nSPS) is 12.3. The fraction of sp³-hybridized carbons (Fsp3) is 0.429. The van der Waals surface area contributed by atoms with E-state index in [-0.39, 0.29) is 30.0 Å². The molecule has 0 aliphatic heterocycles. The van der Waals surface area contributed by atoms with Crippen molar-refractivity contribution in [2.45, 2.75) is 33.2 Å². The van der Waals surface area contributed by atoms with Crippen molar-refractivity contribution in [1.29, 1.82) is 0 Å². The van der Waals surface area contributed by atoms with E-state index >= 15 is 0 Å². The molecular weight excluding hydrogens is 451 g/mol. The Morgan fingerprint density at radius 1 is 1.15 bits per heavy atom. The largest absolute Gasteiger partial charge is 0.493 e. The maximum Gasteiger partial charge on any atom is 0.191 e. The SMILES string of the molecule is CN=C(NCCc1cccnc1)NC(C)c1ccc(OCC(C)C)cc1.I. The van der Waals surface area contributed by atoms with Gasteiger partial charge in [0.15, 0.2) is 5.96 Å². The number of rotatable bonds is 8. The molecule has 0 aliphatic rings. The van der Waals surface area contributed by atoms with Gasteiger partial charge in [0.2, 0.25) is 0 Å². The van der Waals surface area contributed by atoms with Crippen molar-refractivity contribution in [1.82, 2.24) is 15.6 Å². The van der Waals surface area contributed by atoms with Crippen molar-refractivity contribution >= 4 is 29.9 Å². The predicted molar refractivity (Wildman–Crippen MR) is 123 cm³/mol. The van der Waals surface area contributed by atoms with Crippen LogP contribution >= 0.6 is 24.0 Å². The maximum atomic E-state index is 5.74. The summed E-state index contributed by atoms with van der Waals surface area (Å²) < 4.78 is 5.74. The van der Waals surface area contributed by atoms with E-state index in [1.807, 2.05) is 24.4 Å². The number of halogens is 1. The van der Waals surface area contributed by atoms with Crippen molar-refractivity contribution in [3.8, 4) is 5.75 Å². The number of ether oxygens (including phenoxy) is 1. The highest BCUT2D eigenvalue weighted by molar-refractivity contribution is 14.0. The summed E-state index contributed by atoms with van der Waals surface area (Å²) >= 11 is 0. The van der Waals surface area contributed by atoms with Gasteiger partial charge in [0.1, 0.15) is 5.75 Å². The summed E-state index contributed by atoms with van der Waals surface area (Å²) in [4.78, 5) is 8.44. The van der Waals surface area contributed by atoms with Gasteiger partial charge >= 0.3 is 0 Å². The van der Waals surface area contributed by atoms with E-state index in [9.17, 15) is 0 Å². The molecule has 5 nitrogen and oxygen atoms in total. The number of hydrogen-bond acceptors (Lipinski definition) is 3. The van der Waals surface area contributed by atoms with Crippen LogP contribution in [0.25, 0.3) is 0 Å². The number of guanidine groups is 1. The third-order valence-electron chi connectivity index (χ3n) is 3.97. The first kappa shape index (κ1) is 23.2. The molecule has 0 saturated carbocycles. The van der Waals surface area contributed by atoms with Crippen LogP contribution in [0.1, 0.15) is 37.9 Å². The minimum Gasteiger partial charge on any atom is -0.493 e. The number of aromatic nitrogens is 1. The number of nitrogens with zero attached hydrogens (tertiary/aromatic N) is 2. The van der Waals surface area contributed by atoms with Gasteiger partial charge in [-0.15, -0.1) is 24.0 Å². The third kappa shape index (κ3) is 8.60. The van der Waals surface area contributed by atoms with Crippen LogP contribution in [0.5, 0.6) is 5.75 Å². The molecule has 6 heteroatoms. The molecule has 1 unspecified atom stereocenters. The van der Waals surface area contributed by atoms with Gasteiger partial charge < -0.3 is 15.4 Å². The molecule has 0 saturated heterocycles. The number of hydrogen-bond donors (Lipinski definition) is 2. The van der Waals surface area contributed by atoms with Gasteiger partial charge in [0.25, 0.3) is 0 Å². The molecule has 1 heterocycles. The van der Waals surface area contributed by atoms with Gasteiger partial charge in [-0.05, 0) is 48.6 Å². The van der Waals surface area contributed by atoms with Crippen molar-refractivity contribution in [3.05, 3.63) is 59.9 Å². The van der Waals surface area contributed by atoms with Gasteiger partial charge in [-0.1, -0.05) is 32.0 Å². The number of aliphatic imine (C=N–C) groups is 1. The Kier molecular flexibility index (Phi) is 10.8. The Morgan fingerprint density at radius 3 is 2.48 bits per heavy atom. The maximum absolute atomic E-state index is 5.74. The number of benzene rings is 1. The van der Waals surface area contributed by atoms with Crippen LogP contribution in [0.2, 0.25) is 0 Å². The van der Waals surface area contributed by atoms with Crippen LogP contribution in [0.4, 0.5) is 0 Å². The topological polar surface area (TPSA) is 58.5 Å². The molecule has 1 aromatic heterocycles. The molecular formula is C21H31IN4O. The standard InChI is InChI=1S/C21H30N4O.HI/c1-16(2)15-26-20-9-7-19(8-10-20)17(3)25-21(22-4)24-13-11-18-6-5-12-23-14-18;/h5-10,12,14,16-17H,11,13,15H2,1-4H3,(H2,22,24,25);1H. The van der Waals surface area contributed by atoms with E-state index in [0.29, 0.717) is 5.92 Å². The zero-order chi connectivity index (χ0) is 18.8. The lowest BCUT2D eigenvalue weighted by Gasteiger charge is -2.19. The van der Waals surface area contributed by atoms with Crippen LogP contribution in [0, 0.1) is 5.92 Å². The summed E-state index contributed by atoms with van der Waals surface area (Å²) in [7, 11) is 1.79. The lowest BCUT2D eigenvalue weighted by Crippen LogP contribution is -2.39. The van der Waals surface area contributed by atoms with E-state index in [2.05, 4.69) is 59.6 Å². The number of pyridine rings is 1. The van der Waals surface area contributed by atoms with E-state index in [1.54, 1.807) is 13.2 Å². The van der Waals surface area contributed by atoms with Gasteiger partial charge in [-0.3, -0.25) is 9.98 Å². The zero-order valence-electron chi connectivity index (χ0n) is 16.6. The van der Waals surface area contributed by atoms with Crippen LogP contribution in [0.15, 0.2) is 53.8 Å². The van der Waals surface area contributed by atoms with E-state index in [1.165, 1.54) is 11.1 Å². The monoisotopic (exact) mass is 482 g/mol. The van der Waals surface area contributed by atoms with Crippen molar-refractivity contribution < 1.29 is 4.74 Å². The lowest BCUT2D eigenvalue weighted by atomic mass is 10.1. The first-order chi connectivity index (χ1) is 12.6. The Labute approximate surface area is 180 Å². The molecule has 0 bridgehead atoms. The molecule has 1 atom stereocenters. The second kappa shape index (κ2) is 12.5. The molecule has 0 radical (unpaired) electrons. The van der Waals surface area contributed by atoms with Gasteiger partial charge in [0.05, 0.1) is 12.6 Å². The van der Waals surface area contributed by atoms with Gasteiger partial charge in [0, 0.05) is 26.0 Å². The summed E-state index contributed by atoms with van der Waals surface area (Å²) in [5, 5.41) is 6.77. The first-order valence-electron chi connectivity index (χ1n) is 9.17. The quantitative estimate of drug-likeness (QED) is 0.337. The second-order valence-electron chi connectivity index (χ2n) is 6.75. The Hall–Kier alpha value is -1.83. The summed E-state index contributed by atoms with van der Waals surface area (Å²) in [6.07, 6.45) is 4.59. The minimum atomic E-state index is 0. The molecule has 0 amide bonds. The molecule has 2 rings (SSSR count). The zero-order valence-corrected chi connectivity index (χ0v) is 18.9. The molecule has 1 aromatic carbocycles. The van der Waals surface area contributed by atoms with Crippen molar-refractivity contribution in [2.24, 2.45) is 10.9 Å². The number of nitrogens with one attached hydrogen (secondary N) is 2. The van der Waals surface area contributed by atoms with Crippen LogP contribution in [-0.4, -0.2) is 31.1 Å². The van der Waals surface area contributed by atoms with Crippen LogP contribution in [-0.2, 0) is 6.42 Å². The smallest absolute Gasteiger partial charge is 0.191 e. The summed E-state index contributed by atoms with van der Waals surface area (Å²) in [5.41, 5.74) is 2.40. The van der Waals surface area contributed by atoms with Gasteiger partial charge in [-0.25, -0.2) is 0 Å². The van der Waals surface area contributed by atoms with E-state index < -0.39 is 0 Å². The van der Waals surface area contributed by atoms with Crippen molar-refractivity contribution in [2.75, 3.05) is 20.2 Å². The molecule has 27 heavy (non-hydrogen) atoms. The molecule has 2 aromatic rings. The summed E-state index contributed by atoms with van der Waals surface area (Å²) in [5.74, 6) is 2.23. The Balaban J connectivity index is 0.00000364. The Bertz CT molecular complexity index is 674. The Morgan fingerprint density at radius 2 is 1.89 bits per heavy atom. The lowest BCUT2D eigenvalue weighted by molar-refractivity contribution is 0.271.